The van der Waals surface area contributed by atoms with Crippen LogP contribution in [0.15, 0.2) is 54.6 Å². The number of hydrogen-bond donors (Lipinski definition) is 0. The first-order valence-corrected chi connectivity index (χ1v) is 10.5. The molecule has 0 aliphatic rings. The van der Waals surface area contributed by atoms with Gasteiger partial charge < -0.3 is 4.74 Å². The average molecular weight is 412 g/mol. The van der Waals surface area contributed by atoms with Crippen molar-refractivity contribution in [3.63, 3.8) is 0 Å². The molecule has 0 unspecified atom stereocenters. The van der Waals surface area contributed by atoms with Crippen LogP contribution in [0.5, 0.6) is 5.75 Å². The van der Waals surface area contributed by atoms with E-state index in [9.17, 15) is 13.2 Å². The Bertz CT molecular complexity index is 980. The Hall–Kier alpha value is -2.75. The third-order valence-electron chi connectivity index (χ3n) is 5.12. The lowest BCUT2D eigenvalue weighted by atomic mass is 9.97. The van der Waals surface area contributed by atoms with Crippen molar-refractivity contribution in [3.8, 4) is 28.0 Å². The van der Waals surface area contributed by atoms with Gasteiger partial charge in [0, 0.05) is 11.1 Å². The normalized spacial score (nSPS) is 11.0. The summed E-state index contributed by atoms with van der Waals surface area (Å²) in [5, 5.41) is 0. The first-order valence-electron chi connectivity index (χ1n) is 10.5. The van der Waals surface area contributed by atoms with Crippen LogP contribution in [0.1, 0.15) is 45.1 Å². The fraction of sp³-hybridized carbons (Fsp3) is 0.308. The van der Waals surface area contributed by atoms with Gasteiger partial charge in [-0.2, -0.15) is 4.39 Å². The minimum atomic E-state index is -1.05. The highest BCUT2D eigenvalue weighted by Crippen LogP contribution is 2.33. The van der Waals surface area contributed by atoms with E-state index in [1.165, 1.54) is 36.6 Å². The summed E-state index contributed by atoms with van der Waals surface area (Å²) in [6.07, 6.45) is 5.21. The van der Waals surface area contributed by atoms with Crippen LogP contribution in [-0.4, -0.2) is 6.61 Å². The van der Waals surface area contributed by atoms with Gasteiger partial charge in [0.25, 0.3) is 0 Å². The summed E-state index contributed by atoms with van der Waals surface area (Å²) in [4.78, 5) is 0. The third-order valence-corrected chi connectivity index (χ3v) is 5.12. The molecular formula is C26H27F3O. The standard InChI is InChI=1S/C26H27F3O/c1-3-5-6-7-18-8-10-19(11-9-18)21-13-12-20(17-23(21)27)22-14-15-24(30-16-4-2)26(29)25(22)28/h8-15,17H,3-7,16H2,1-2H3. The summed E-state index contributed by atoms with van der Waals surface area (Å²) in [6, 6.07) is 15.1. The highest BCUT2D eigenvalue weighted by atomic mass is 19.2. The fourth-order valence-corrected chi connectivity index (χ4v) is 3.43. The molecule has 30 heavy (non-hydrogen) atoms. The van der Waals surface area contributed by atoms with Crippen molar-refractivity contribution < 1.29 is 17.9 Å². The van der Waals surface area contributed by atoms with Crippen LogP contribution < -0.4 is 4.74 Å². The van der Waals surface area contributed by atoms with Gasteiger partial charge >= 0.3 is 0 Å². The van der Waals surface area contributed by atoms with Crippen LogP contribution in [0.25, 0.3) is 22.3 Å². The van der Waals surface area contributed by atoms with E-state index >= 15 is 0 Å². The summed E-state index contributed by atoms with van der Waals surface area (Å²) >= 11 is 0. The van der Waals surface area contributed by atoms with Gasteiger partial charge in [0.2, 0.25) is 5.82 Å². The number of unbranched alkanes of at least 4 members (excludes halogenated alkanes) is 2. The van der Waals surface area contributed by atoms with Crippen molar-refractivity contribution in [3.05, 3.63) is 77.6 Å². The number of halogens is 3. The van der Waals surface area contributed by atoms with Crippen LogP contribution in [0, 0.1) is 17.5 Å². The summed E-state index contributed by atoms with van der Waals surface area (Å²) in [5.74, 6) is -2.69. The zero-order chi connectivity index (χ0) is 21.5. The van der Waals surface area contributed by atoms with E-state index in [4.69, 9.17) is 4.74 Å². The van der Waals surface area contributed by atoms with Crippen molar-refractivity contribution in [2.24, 2.45) is 0 Å². The summed E-state index contributed by atoms with van der Waals surface area (Å²) in [6.45, 7) is 4.35. The van der Waals surface area contributed by atoms with Gasteiger partial charge in [-0.25, -0.2) is 8.78 Å². The predicted octanol–water partition coefficient (Wildman–Crippen LogP) is 7.96. The molecule has 3 rings (SSSR count). The largest absolute Gasteiger partial charge is 0.490 e. The number of rotatable bonds is 9. The molecule has 0 atom stereocenters. The molecule has 0 heterocycles. The van der Waals surface area contributed by atoms with Gasteiger partial charge in [-0.1, -0.05) is 63.1 Å². The molecule has 0 aliphatic carbocycles. The maximum Gasteiger partial charge on any atom is 0.201 e. The molecular weight excluding hydrogens is 385 g/mol. The third kappa shape index (κ3) is 5.05. The molecule has 0 saturated carbocycles. The topological polar surface area (TPSA) is 9.23 Å². The highest BCUT2D eigenvalue weighted by Gasteiger charge is 2.17. The summed E-state index contributed by atoms with van der Waals surface area (Å²) in [5.41, 5.74) is 2.71. The molecule has 3 aromatic rings. The Kier molecular flexibility index (Phi) is 7.56. The van der Waals surface area contributed by atoms with Crippen LogP contribution in [0.3, 0.4) is 0 Å². The number of benzene rings is 3. The van der Waals surface area contributed by atoms with Crippen LogP contribution in [-0.2, 0) is 6.42 Å². The lowest BCUT2D eigenvalue weighted by Gasteiger charge is -2.11. The summed E-state index contributed by atoms with van der Waals surface area (Å²) in [7, 11) is 0. The van der Waals surface area contributed by atoms with E-state index in [2.05, 4.69) is 6.92 Å². The van der Waals surface area contributed by atoms with Crippen molar-refractivity contribution in [1.82, 2.24) is 0 Å². The lowest BCUT2D eigenvalue weighted by Crippen LogP contribution is -2.00. The molecule has 0 N–H and O–H groups in total. The Labute approximate surface area is 176 Å². The molecule has 0 saturated heterocycles. The average Bonchev–Trinajstić information content (AvgIpc) is 2.75. The second-order valence-electron chi connectivity index (χ2n) is 7.44. The van der Waals surface area contributed by atoms with Crippen molar-refractivity contribution in [2.45, 2.75) is 46.0 Å². The molecule has 0 bridgehead atoms. The molecule has 0 radical (unpaired) electrons. The number of hydrogen-bond acceptors (Lipinski definition) is 1. The maximum absolute atomic E-state index is 14.8. The van der Waals surface area contributed by atoms with Gasteiger partial charge in [0.05, 0.1) is 6.61 Å². The second-order valence-corrected chi connectivity index (χ2v) is 7.44. The number of ether oxygens (including phenoxy) is 1. The minimum Gasteiger partial charge on any atom is -0.490 e. The Balaban J connectivity index is 1.83. The van der Waals surface area contributed by atoms with Gasteiger partial charge in [-0.3, -0.25) is 0 Å². The predicted molar refractivity (Wildman–Crippen MR) is 116 cm³/mol. The Morgan fingerprint density at radius 2 is 1.40 bits per heavy atom. The van der Waals surface area contributed by atoms with Crippen LogP contribution in [0.4, 0.5) is 13.2 Å². The smallest absolute Gasteiger partial charge is 0.201 e. The number of aryl methyl sites for hydroxylation is 1. The van der Waals surface area contributed by atoms with Crippen molar-refractivity contribution >= 4 is 0 Å². The van der Waals surface area contributed by atoms with Gasteiger partial charge in [0.1, 0.15) is 5.82 Å². The van der Waals surface area contributed by atoms with Gasteiger partial charge in [-0.05, 0) is 54.2 Å². The Morgan fingerprint density at radius 3 is 2.07 bits per heavy atom. The van der Waals surface area contributed by atoms with Crippen molar-refractivity contribution in [1.29, 1.82) is 0 Å². The van der Waals surface area contributed by atoms with Crippen molar-refractivity contribution in [2.75, 3.05) is 6.61 Å². The van der Waals surface area contributed by atoms with E-state index in [-0.39, 0.29) is 16.9 Å². The van der Waals surface area contributed by atoms with Gasteiger partial charge in [0.15, 0.2) is 11.6 Å². The zero-order valence-corrected chi connectivity index (χ0v) is 17.5. The van der Waals surface area contributed by atoms with E-state index in [0.29, 0.717) is 18.6 Å². The summed E-state index contributed by atoms with van der Waals surface area (Å²) < 4.78 is 48.8. The quantitative estimate of drug-likeness (QED) is 0.324. The molecule has 1 nitrogen and oxygen atoms in total. The van der Waals surface area contributed by atoms with E-state index in [0.717, 1.165) is 18.4 Å². The van der Waals surface area contributed by atoms with Crippen LogP contribution >= 0.6 is 0 Å². The lowest BCUT2D eigenvalue weighted by molar-refractivity contribution is 0.295. The molecule has 0 fully saturated rings. The first kappa shape index (κ1) is 21.9. The fourth-order valence-electron chi connectivity index (χ4n) is 3.43. The van der Waals surface area contributed by atoms with E-state index in [1.54, 1.807) is 12.1 Å². The van der Waals surface area contributed by atoms with E-state index in [1.807, 2.05) is 31.2 Å². The molecule has 3 aromatic carbocycles. The molecule has 0 spiro atoms. The zero-order valence-electron chi connectivity index (χ0n) is 17.5. The molecule has 158 valence electrons. The highest BCUT2D eigenvalue weighted by molar-refractivity contribution is 5.72. The van der Waals surface area contributed by atoms with E-state index < -0.39 is 17.5 Å². The maximum atomic E-state index is 14.8. The second kappa shape index (κ2) is 10.3. The minimum absolute atomic E-state index is 0.00747. The molecule has 0 amide bonds. The van der Waals surface area contributed by atoms with Gasteiger partial charge in [-0.15, -0.1) is 0 Å². The first-order chi connectivity index (χ1) is 14.5. The van der Waals surface area contributed by atoms with Crippen LogP contribution in [0.2, 0.25) is 0 Å². The molecule has 4 heteroatoms. The molecule has 0 aliphatic heterocycles. The Morgan fingerprint density at radius 1 is 0.700 bits per heavy atom. The monoisotopic (exact) mass is 412 g/mol. The molecule has 0 aromatic heterocycles. The SMILES string of the molecule is CCCCCc1ccc(-c2ccc(-c3ccc(OCCC)c(F)c3F)cc2F)cc1.